The van der Waals surface area contributed by atoms with Crippen molar-refractivity contribution in [2.75, 3.05) is 6.54 Å². The second-order valence-electron chi connectivity index (χ2n) is 10.8. The van der Waals surface area contributed by atoms with Crippen LogP contribution in [0.2, 0.25) is 0 Å². The lowest BCUT2D eigenvalue weighted by Crippen LogP contribution is -2.39. The van der Waals surface area contributed by atoms with Crippen LogP contribution >= 0.6 is 0 Å². The number of halogens is 4. The van der Waals surface area contributed by atoms with E-state index in [4.69, 9.17) is 9.47 Å². The second-order valence-corrected chi connectivity index (χ2v) is 12.4. The largest absolute Gasteiger partial charge is 0.534 e. The molecule has 12 heteroatoms. The van der Waals surface area contributed by atoms with E-state index in [1.165, 1.54) is 35.2 Å². The Hall–Kier alpha value is -3.80. The van der Waals surface area contributed by atoms with Gasteiger partial charge in [0, 0.05) is 18.0 Å². The Balaban J connectivity index is 1.58. The molecule has 1 heterocycles. The normalized spacial score (nSPS) is 16.2. The lowest BCUT2D eigenvalue weighted by Gasteiger charge is -2.33. The number of carbonyl (C=O) groups excluding carboxylic acids is 1. The topological polar surface area (TPSA) is 82.1 Å². The minimum absolute atomic E-state index is 0.0637. The maximum absolute atomic E-state index is 14.5. The summed E-state index contributed by atoms with van der Waals surface area (Å²) < 4.78 is 93.1. The van der Waals surface area contributed by atoms with Crippen molar-refractivity contribution in [2.45, 2.75) is 63.8 Å². The van der Waals surface area contributed by atoms with Gasteiger partial charge >= 0.3 is 21.7 Å². The van der Waals surface area contributed by atoms with Gasteiger partial charge in [0.15, 0.2) is 5.76 Å². The number of alkyl halides is 3. The molecule has 0 N–H and O–H groups in total. The van der Waals surface area contributed by atoms with Crippen LogP contribution in [0.25, 0.3) is 16.5 Å². The number of nitrogens with zero attached hydrogens (tertiary/aromatic N) is 1. The molecule has 0 spiro atoms. The van der Waals surface area contributed by atoms with Crippen molar-refractivity contribution in [3.05, 3.63) is 83.7 Å². The SMILES string of the molecule is C[C@H](c1ccc(F)c2ccccc12)N(CCC[C@H]1C=C(OS(=O)(=O)C(F)(F)F)c2ccccc2O1)C(=O)OC(C)(C)C. The highest BCUT2D eigenvalue weighted by atomic mass is 32.2. The summed E-state index contributed by atoms with van der Waals surface area (Å²) in [4.78, 5) is 14.8. The Labute approximate surface area is 241 Å². The summed E-state index contributed by atoms with van der Waals surface area (Å²) in [6.07, 6.45) is 0.227. The van der Waals surface area contributed by atoms with Crippen molar-refractivity contribution >= 4 is 32.7 Å². The van der Waals surface area contributed by atoms with Gasteiger partial charge in [0.1, 0.15) is 23.3 Å². The first-order valence-corrected chi connectivity index (χ1v) is 14.6. The lowest BCUT2D eigenvalue weighted by atomic mass is 9.98. The first-order chi connectivity index (χ1) is 19.6. The van der Waals surface area contributed by atoms with Gasteiger partial charge in [0.05, 0.1) is 11.6 Å². The van der Waals surface area contributed by atoms with Gasteiger partial charge in [-0.05, 0) is 69.7 Å². The third kappa shape index (κ3) is 6.97. The van der Waals surface area contributed by atoms with Crippen molar-refractivity contribution in [1.29, 1.82) is 0 Å². The summed E-state index contributed by atoms with van der Waals surface area (Å²) in [5.74, 6) is -0.723. The molecular formula is C30H31F4NO6S. The number of hydrogen-bond donors (Lipinski definition) is 0. The van der Waals surface area contributed by atoms with Gasteiger partial charge in [0.25, 0.3) is 0 Å². The molecular weight excluding hydrogens is 578 g/mol. The maximum Gasteiger partial charge on any atom is 0.534 e. The van der Waals surface area contributed by atoms with E-state index in [1.54, 1.807) is 64.1 Å². The van der Waals surface area contributed by atoms with Crippen molar-refractivity contribution in [2.24, 2.45) is 0 Å². The predicted molar refractivity (Wildman–Crippen MR) is 149 cm³/mol. The zero-order valence-electron chi connectivity index (χ0n) is 23.4. The Kier molecular flexibility index (Phi) is 8.77. The zero-order valence-corrected chi connectivity index (χ0v) is 24.3. The summed E-state index contributed by atoms with van der Waals surface area (Å²) in [6, 6.07) is 15.3. The number of hydrogen-bond acceptors (Lipinski definition) is 6. The first-order valence-electron chi connectivity index (χ1n) is 13.2. The fourth-order valence-corrected chi connectivity index (χ4v) is 5.13. The van der Waals surface area contributed by atoms with E-state index in [-0.39, 0.29) is 24.3 Å². The molecule has 226 valence electrons. The molecule has 42 heavy (non-hydrogen) atoms. The van der Waals surface area contributed by atoms with Crippen LogP contribution in [-0.2, 0) is 19.0 Å². The molecule has 3 aromatic carbocycles. The molecule has 4 rings (SSSR count). The molecule has 0 radical (unpaired) electrons. The molecule has 1 aliphatic heterocycles. The Morgan fingerprint density at radius 2 is 1.64 bits per heavy atom. The highest BCUT2D eigenvalue weighted by Gasteiger charge is 2.49. The molecule has 0 unspecified atom stereocenters. The second kappa shape index (κ2) is 11.8. The van der Waals surface area contributed by atoms with Crippen molar-refractivity contribution in [3.8, 4) is 5.75 Å². The van der Waals surface area contributed by atoms with E-state index in [0.717, 1.165) is 0 Å². The van der Waals surface area contributed by atoms with Gasteiger partial charge in [-0.3, -0.25) is 0 Å². The minimum Gasteiger partial charge on any atom is -0.485 e. The van der Waals surface area contributed by atoms with Crippen LogP contribution in [0.3, 0.4) is 0 Å². The smallest absolute Gasteiger partial charge is 0.485 e. The molecule has 0 bridgehead atoms. The monoisotopic (exact) mass is 609 g/mol. The van der Waals surface area contributed by atoms with Crippen LogP contribution in [0.5, 0.6) is 5.75 Å². The van der Waals surface area contributed by atoms with Gasteiger partial charge in [-0.15, -0.1) is 0 Å². The Morgan fingerprint density at radius 3 is 2.31 bits per heavy atom. The molecule has 0 saturated heterocycles. The number of para-hydroxylation sites is 1. The summed E-state index contributed by atoms with van der Waals surface area (Å²) in [5, 5.41) is 1.05. The van der Waals surface area contributed by atoms with Crippen LogP contribution in [0.15, 0.2) is 66.7 Å². The molecule has 2 atom stereocenters. The minimum atomic E-state index is -5.91. The first kappa shape index (κ1) is 31.1. The summed E-state index contributed by atoms with van der Waals surface area (Å²) in [7, 11) is -5.91. The molecule has 0 fully saturated rings. The number of fused-ring (bicyclic) bond motifs is 2. The third-order valence-corrected chi connectivity index (χ3v) is 7.55. The average molecular weight is 610 g/mol. The van der Waals surface area contributed by atoms with Crippen molar-refractivity contribution in [1.82, 2.24) is 4.90 Å². The van der Waals surface area contributed by atoms with Crippen LogP contribution < -0.4 is 4.74 Å². The molecule has 0 aliphatic carbocycles. The molecule has 1 amide bonds. The molecule has 1 aliphatic rings. The van der Waals surface area contributed by atoms with Gasteiger partial charge < -0.3 is 18.6 Å². The fourth-order valence-electron chi connectivity index (χ4n) is 4.65. The number of carbonyl (C=O) groups is 1. The third-order valence-electron chi connectivity index (χ3n) is 6.59. The molecule has 3 aromatic rings. The average Bonchev–Trinajstić information content (AvgIpc) is 2.89. The van der Waals surface area contributed by atoms with Gasteiger partial charge in [-0.1, -0.05) is 42.5 Å². The summed E-state index contributed by atoms with van der Waals surface area (Å²) in [5.41, 5.74) is -5.64. The Morgan fingerprint density at radius 1 is 1.00 bits per heavy atom. The predicted octanol–water partition coefficient (Wildman–Crippen LogP) is 7.73. The molecule has 7 nitrogen and oxygen atoms in total. The van der Waals surface area contributed by atoms with Gasteiger partial charge in [0.2, 0.25) is 0 Å². The summed E-state index contributed by atoms with van der Waals surface area (Å²) >= 11 is 0. The summed E-state index contributed by atoms with van der Waals surface area (Å²) in [6.45, 7) is 7.14. The quantitative estimate of drug-likeness (QED) is 0.148. The highest BCUT2D eigenvalue weighted by Crippen LogP contribution is 2.38. The van der Waals surface area contributed by atoms with Crippen molar-refractivity contribution < 1.29 is 44.4 Å². The number of amides is 1. The molecule has 0 saturated carbocycles. The Bertz CT molecular complexity index is 1600. The van der Waals surface area contributed by atoms with E-state index >= 15 is 0 Å². The number of rotatable bonds is 8. The van der Waals surface area contributed by atoms with E-state index in [2.05, 4.69) is 4.18 Å². The van der Waals surface area contributed by atoms with E-state index in [9.17, 15) is 30.8 Å². The molecule has 0 aromatic heterocycles. The standard InChI is InChI=1S/C30H31F4NO6S/c1-19(21-15-16-25(31)23-12-6-5-11-22(21)23)35(28(36)40-29(2,3)4)17-9-10-20-18-27(41-42(37,38)30(32,33)34)24-13-7-8-14-26(24)39-20/h5-8,11-16,18-20H,9-10,17H2,1-4H3/t19-,20+/m1/s1. The van der Waals surface area contributed by atoms with Crippen molar-refractivity contribution in [3.63, 3.8) is 0 Å². The maximum atomic E-state index is 14.5. The lowest BCUT2D eigenvalue weighted by molar-refractivity contribution is -0.0510. The van der Waals surface area contributed by atoms with Gasteiger partial charge in [-0.2, -0.15) is 21.6 Å². The van der Waals surface area contributed by atoms with Crippen LogP contribution in [0.4, 0.5) is 22.4 Å². The van der Waals surface area contributed by atoms with E-state index < -0.39 is 51.0 Å². The van der Waals surface area contributed by atoms with Gasteiger partial charge in [-0.25, -0.2) is 9.18 Å². The van der Waals surface area contributed by atoms with Crippen LogP contribution in [0, 0.1) is 5.82 Å². The van der Waals surface area contributed by atoms with Crippen LogP contribution in [-0.4, -0.2) is 43.2 Å². The van der Waals surface area contributed by atoms with E-state index in [1.807, 2.05) is 0 Å². The number of ether oxygens (including phenoxy) is 2. The van der Waals surface area contributed by atoms with Crippen LogP contribution in [0.1, 0.15) is 57.7 Å². The zero-order chi connectivity index (χ0) is 30.9. The fraction of sp³-hybridized carbons (Fsp3) is 0.367. The number of benzene rings is 3. The highest BCUT2D eigenvalue weighted by molar-refractivity contribution is 7.87. The van der Waals surface area contributed by atoms with E-state index in [0.29, 0.717) is 22.8 Å².